The summed E-state index contributed by atoms with van der Waals surface area (Å²) in [6, 6.07) is 7.23. The van der Waals surface area contributed by atoms with E-state index in [1.54, 1.807) is 0 Å². The highest BCUT2D eigenvalue weighted by Crippen LogP contribution is 2.25. The largest absolute Gasteiger partial charge is 0.393 e. The van der Waals surface area contributed by atoms with Crippen LogP contribution in [0.2, 0.25) is 0 Å². The molecule has 1 saturated heterocycles. The molecular weight excluding hydrogens is 296 g/mol. The molecule has 2 rings (SSSR count). The zero-order valence-corrected chi connectivity index (χ0v) is 11.6. The summed E-state index contributed by atoms with van der Waals surface area (Å²) < 4.78 is 0.975. The molecule has 1 aliphatic heterocycles. The van der Waals surface area contributed by atoms with Gasteiger partial charge in [-0.1, -0.05) is 28.1 Å². The number of aliphatic hydroxyl groups excluding tert-OH is 1. The first kappa shape index (κ1) is 13.5. The van der Waals surface area contributed by atoms with Crippen molar-refractivity contribution < 1.29 is 9.90 Å². The quantitative estimate of drug-likeness (QED) is 0.887. The van der Waals surface area contributed by atoms with Gasteiger partial charge in [-0.15, -0.1) is 0 Å². The van der Waals surface area contributed by atoms with E-state index in [1.165, 1.54) is 0 Å². The van der Waals surface area contributed by atoms with E-state index in [2.05, 4.69) is 15.9 Å². The molecule has 98 valence electrons. The van der Waals surface area contributed by atoms with Crippen molar-refractivity contribution in [2.45, 2.75) is 25.0 Å². The molecule has 0 aliphatic carbocycles. The smallest absolute Gasteiger partial charge is 0.239 e. The summed E-state index contributed by atoms with van der Waals surface area (Å²) in [5, 5.41) is 9.51. The van der Waals surface area contributed by atoms with Gasteiger partial charge in [0, 0.05) is 17.6 Å². The van der Waals surface area contributed by atoms with Crippen LogP contribution in [0.15, 0.2) is 28.7 Å². The number of carbonyl (C=O) groups excluding carboxylic acids is 1. The van der Waals surface area contributed by atoms with Gasteiger partial charge in [-0.25, -0.2) is 0 Å². The Morgan fingerprint density at radius 2 is 1.89 bits per heavy atom. The predicted octanol–water partition coefficient (Wildman–Crippen LogP) is 1.43. The molecule has 0 aromatic heterocycles. The topological polar surface area (TPSA) is 66.6 Å². The number of benzene rings is 1. The van der Waals surface area contributed by atoms with Crippen molar-refractivity contribution in [1.29, 1.82) is 0 Å². The van der Waals surface area contributed by atoms with E-state index >= 15 is 0 Å². The number of rotatable bonds is 3. The zero-order chi connectivity index (χ0) is 13.1. The zero-order valence-electron chi connectivity index (χ0n) is 10.1. The number of halogens is 1. The van der Waals surface area contributed by atoms with Gasteiger partial charge in [-0.05, 0) is 30.5 Å². The summed E-state index contributed by atoms with van der Waals surface area (Å²) in [6.07, 6.45) is 1.14. The van der Waals surface area contributed by atoms with Crippen molar-refractivity contribution in [3.05, 3.63) is 34.3 Å². The summed E-state index contributed by atoms with van der Waals surface area (Å²) >= 11 is 3.37. The average Bonchev–Trinajstić information content (AvgIpc) is 2.34. The Morgan fingerprint density at radius 3 is 2.39 bits per heavy atom. The number of aliphatic hydroxyl groups is 1. The normalized spacial score (nSPS) is 19.7. The number of primary amides is 1. The minimum Gasteiger partial charge on any atom is -0.393 e. The van der Waals surface area contributed by atoms with E-state index in [9.17, 15) is 9.90 Å². The van der Waals surface area contributed by atoms with Gasteiger partial charge in [-0.3, -0.25) is 9.69 Å². The van der Waals surface area contributed by atoms with Crippen LogP contribution in [0.4, 0.5) is 0 Å². The van der Waals surface area contributed by atoms with Crippen LogP contribution in [0.1, 0.15) is 24.4 Å². The van der Waals surface area contributed by atoms with E-state index in [0.717, 1.165) is 10.0 Å². The lowest BCUT2D eigenvalue weighted by molar-refractivity contribution is -0.124. The van der Waals surface area contributed by atoms with Crippen LogP contribution in [0.25, 0.3) is 0 Å². The molecule has 0 spiro atoms. The number of hydrogen-bond acceptors (Lipinski definition) is 3. The summed E-state index contributed by atoms with van der Waals surface area (Å²) in [6.45, 7) is 1.40. The molecule has 0 bridgehead atoms. The number of hydrogen-bond donors (Lipinski definition) is 2. The van der Waals surface area contributed by atoms with Crippen LogP contribution < -0.4 is 5.73 Å². The molecule has 1 aliphatic rings. The fraction of sp³-hybridized carbons (Fsp3) is 0.462. The molecule has 1 heterocycles. The molecule has 0 radical (unpaired) electrons. The summed E-state index contributed by atoms with van der Waals surface area (Å²) in [4.78, 5) is 13.7. The third-order valence-corrected chi connectivity index (χ3v) is 3.85. The number of piperidine rings is 1. The van der Waals surface area contributed by atoms with Gasteiger partial charge in [0.2, 0.25) is 5.91 Å². The molecular formula is C13H17BrN2O2. The van der Waals surface area contributed by atoms with Gasteiger partial charge in [0.1, 0.15) is 6.04 Å². The minimum atomic E-state index is -0.398. The Labute approximate surface area is 115 Å². The summed E-state index contributed by atoms with van der Waals surface area (Å²) in [5.74, 6) is -0.339. The van der Waals surface area contributed by atoms with Gasteiger partial charge in [0.15, 0.2) is 0 Å². The molecule has 3 N–H and O–H groups in total. The van der Waals surface area contributed by atoms with E-state index < -0.39 is 6.04 Å². The van der Waals surface area contributed by atoms with Crippen LogP contribution >= 0.6 is 15.9 Å². The van der Waals surface area contributed by atoms with Crippen LogP contribution in [0.3, 0.4) is 0 Å². The molecule has 1 aromatic rings. The lowest BCUT2D eigenvalue weighted by Gasteiger charge is -2.34. The molecule has 18 heavy (non-hydrogen) atoms. The Hall–Kier alpha value is -0.910. The monoisotopic (exact) mass is 312 g/mol. The summed E-state index contributed by atoms with van der Waals surface area (Å²) in [5.41, 5.74) is 6.42. The fourth-order valence-corrected chi connectivity index (χ4v) is 2.61. The standard InChI is InChI=1S/C13H17BrN2O2/c14-10-3-1-9(2-4-10)12(13(15)18)16-7-5-11(17)6-8-16/h1-4,11-12,17H,5-8H2,(H2,15,18). The minimum absolute atomic E-state index is 0.250. The number of nitrogens with two attached hydrogens (primary N) is 1. The third-order valence-electron chi connectivity index (χ3n) is 3.32. The Balaban J connectivity index is 2.18. The number of amides is 1. The van der Waals surface area contributed by atoms with E-state index in [0.29, 0.717) is 25.9 Å². The summed E-state index contributed by atoms with van der Waals surface area (Å²) in [7, 11) is 0. The Bertz CT molecular complexity index is 414. The van der Waals surface area contributed by atoms with Crippen LogP contribution in [-0.2, 0) is 4.79 Å². The Morgan fingerprint density at radius 1 is 1.33 bits per heavy atom. The molecule has 1 atom stereocenters. The highest BCUT2D eigenvalue weighted by Gasteiger charge is 2.28. The molecule has 0 saturated carbocycles. The van der Waals surface area contributed by atoms with E-state index in [4.69, 9.17) is 5.73 Å². The lowest BCUT2D eigenvalue weighted by atomic mass is 10.00. The molecule has 1 fully saturated rings. The molecule has 1 aromatic carbocycles. The van der Waals surface area contributed by atoms with Crippen LogP contribution in [0.5, 0.6) is 0 Å². The fourth-order valence-electron chi connectivity index (χ4n) is 2.34. The number of nitrogens with zero attached hydrogens (tertiary/aromatic N) is 1. The first-order chi connectivity index (χ1) is 8.58. The maximum atomic E-state index is 11.7. The molecule has 1 amide bonds. The van der Waals surface area contributed by atoms with Crippen molar-refractivity contribution in [3.63, 3.8) is 0 Å². The second-order valence-corrected chi connectivity index (χ2v) is 5.54. The van der Waals surface area contributed by atoms with E-state index in [1.807, 2.05) is 29.2 Å². The van der Waals surface area contributed by atoms with Gasteiger partial charge >= 0.3 is 0 Å². The van der Waals surface area contributed by atoms with Crippen molar-refractivity contribution in [1.82, 2.24) is 4.90 Å². The SMILES string of the molecule is NC(=O)C(c1ccc(Br)cc1)N1CCC(O)CC1. The molecule has 4 nitrogen and oxygen atoms in total. The highest BCUT2D eigenvalue weighted by molar-refractivity contribution is 9.10. The van der Waals surface area contributed by atoms with Crippen LogP contribution in [0, 0.1) is 0 Å². The maximum Gasteiger partial charge on any atom is 0.239 e. The second-order valence-electron chi connectivity index (χ2n) is 4.62. The second kappa shape index (κ2) is 5.82. The Kier molecular flexibility index (Phi) is 4.37. The molecule has 5 heteroatoms. The van der Waals surface area contributed by atoms with Gasteiger partial charge in [0.05, 0.1) is 6.10 Å². The third kappa shape index (κ3) is 3.10. The van der Waals surface area contributed by atoms with E-state index in [-0.39, 0.29) is 12.0 Å². The average molecular weight is 313 g/mol. The van der Waals surface area contributed by atoms with Gasteiger partial charge in [-0.2, -0.15) is 0 Å². The highest BCUT2D eigenvalue weighted by atomic mass is 79.9. The van der Waals surface area contributed by atoms with Gasteiger partial charge < -0.3 is 10.8 Å². The maximum absolute atomic E-state index is 11.7. The molecule has 1 unspecified atom stereocenters. The van der Waals surface area contributed by atoms with Gasteiger partial charge in [0.25, 0.3) is 0 Å². The lowest BCUT2D eigenvalue weighted by Crippen LogP contribution is -2.43. The number of likely N-dealkylation sites (tertiary alicyclic amines) is 1. The first-order valence-electron chi connectivity index (χ1n) is 6.05. The number of carbonyl (C=O) groups is 1. The van der Waals surface area contributed by atoms with Crippen molar-refractivity contribution in [3.8, 4) is 0 Å². The predicted molar refractivity (Wildman–Crippen MR) is 72.9 cm³/mol. The van der Waals surface area contributed by atoms with Crippen molar-refractivity contribution in [2.24, 2.45) is 5.73 Å². The first-order valence-corrected chi connectivity index (χ1v) is 6.84. The van der Waals surface area contributed by atoms with Crippen LogP contribution in [-0.4, -0.2) is 35.1 Å². The van der Waals surface area contributed by atoms with Crippen molar-refractivity contribution in [2.75, 3.05) is 13.1 Å². The van der Waals surface area contributed by atoms with Crippen molar-refractivity contribution >= 4 is 21.8 Å².